The summed E-state index contributed by atoms with van der Waals surface area (Å²) in [4.78, 5) is 6.41. The predicted octanol–water partition coefficient (Wildman–Crippen LogP) is 6.72. The van der Waals surface area contributed by atoms with Crippen molar-refractivity contribution < 1.29 is 26.7 Å². The lowest BCUT2D eigenvalue weighted by molar-refractivity contribution is -0.701. The second-order valence-electron chi connectivity index (χ2n) is 10.8. The Morgan fingerprint density at radius 1 is 1.10 bits per heavy atom. The zero-order valence-corrected chi connectivity index (χ0v) is 23.2. The Kier molecular flexibility index (Phi) is 5.53. The van der Waals surface area contributed by atoms with E-state index in [0.717, 1.165) is 40.4 Å². The van der Waals surface area contributed by atoms with E-state index < -0.39 is 35.3 Å². The molecule has 0 bridgehead atoms. The first-order valence-corrected chi connectivity index (χ1v) is 14.5. The second-order valence-corrected chi connectivity index (χ2v) is 12.6. The maximum absolute atomic E-state index is 16.3. The zero-order chi connectivity index (χ0) is 27.4. The highest BCUT2D eigenvalue weighted by Crippen LogP contribution is 2.55. The molecule has 0 saturated heterocycles. The van der Waals surface area contributed by atoms with Gasteiger partial charge in [-0.15, -0.1) is 0 Å². The number of benzene rings is 2. The minimum atomic E-state index is -1.49. The number of aromatic nitrogens is 3. The number of halogens is 4. The topological polar surface area (TPSA) is 23.9 Å². The van der Waals surface area contributed by atoms with Crippen LogP contribution in [0.15, 0.2) is 42.9 Å². The molecule has 39 heavy (non-hydrogen) atoms. The fraction of sp³-hybridized carbons (Fsp3) is 0.379. The predicted molar refractivity (Wildman–Crippen MR) is 147 cm³/mol. The van der Waals surface area contributed by atoms with E-state index in [-0.39, 0.29) is 22.2 Å². The van der Waals surface area contributed by atoms with E-state index in [1.807, 2.05) is 13.1 Å². The molecule has 2 aromatic carbocycles. The molecule has 4 atom stereocenters. The average Bonchev–Trinajstić information content (AvgIpc) is 3.35. The van der Waals surface area contributed by atoms with Gasteiger partial charge in [-0.3, -0.25) is 4.98 Å². The highest BCUT2D eigenvalue weighted by molar-refractivity contribution is 8.23. The van der Waals surface area contributed by atoms with Crippen LogP contribution in [-0.4, -0.2) is 20.8 Å². The van der Waals surface area contributed by atoms with Crippen LogP contribution >= 0.6 is 24.0 Å². The van der Waals surface area contributed by atoms with Crippen molar-refractivity contribution in [3.63, 3.8) is 0 Å². The zero-order valence-electron chi connectivity index (χ0n) is 21.6. The van der Waals surface area contributed by atoms with Crippen molar-refractivity contribution in [1.29, 1.82) is 0 Å². The van der Waals surface area contributed by atoms with Gasteiger partial charge >= 0.3 is 0 Å². The summed E-state index contributed by atoms with van der Waals surface area (Å²) in [7, 11) is 0. The fourth-order valence-electron chi connectivity index (χ4n) is 7.25. The number of hydrogen-bond acceptors (Lipinski definition) is 4. The Balaban J connectivity index is 1.65. The number of fused-ring (bicyclic) bond motifs is 4. The summed E-state index contributed by atoms with van der Waals surface area (Å²) in [6.45, 7) is 6.04. The molecule has 10 heteroatoms. The Bertz CT molecular complexity index is 1720. The van der Waals surface area contributed by atoms with Gasteiger partial charge in [0.15, 0.2) is 28.1 Å². The van der Waals surface area contributed by atoms with Crippen molar-refractivity contribution in [2.45, 2.75) is 69.2 Å². The average molecular weight is 571 g/mol. The van der Waals surface area contributed by atoms with Gasteiger partial charge in [-0.05, 0) is 55.3 Å². The van der Waals surface area contributed by atoms with Gasteiger partial charge in [-0.25, -0.2) is 18.1 Å². The van der Waals surface area contributed by atoms with Crippen LogP contribution in [0.4, 0.5) is 23.4 Å². The first kappa shape index (κ1) is 25.1. The molecule has 3 aliphatic heterocycles. The second kappa shape index (κ2) is 8.57. The van der Waals surface area contributed by atoms with Gasteiger partial charge in [-0.1, -0.05) is 26.1 Å². The van der Waals surface area contributed by atoms with E-state index >= 15 is 8.78 Å². The molecule has 0 amide bonds. The van der Waals surface area contributed by atoms with Crippen molar-refractivity contribution in [1.82, 2.24) is 4.98 Å². The molecule has 4 unspecified atom stereocenters. The summed E-state index contributed by atoms with van der Waals surface area (Å²) in [5, 5.41) is 1.26. The van der Waals surface area contributed by atoms with Crippen molar-refractivity contribution in [2.24, 2.45) is 0 Å². The van der Waals surface area contributed by atoms with E-state index in [0.29, 0.717) is 23.0 Å². The molecular weight excluding hydrogens is 544 g/mol. The third-order valence-corrected chi connectivity index (χ3v) is 10.8. The summed E-state index contributed by atoms with van der Waals surface area (Å²) in [6.07, 6.45) is 5.94. The number of anilines is 1. The van der Waals surface area contributed by atoms with Gasteiger partial charge < -0.3 is 0 Å². The Labute approximate surface area is 232 Å². The number of alkyl halides is 1. The maximum Gasteiger partial charge on any atom is 0.288 e. The third kappa shape index (κ3) is 3.24. The SMILES string of the molecule is CCC1(CC)CC(C2SC(=S)c3cncc[n+]32)c2cc(F)cc3c2c2[n+](c4cc(F)c(F)cc34)C(F)C(C)N21. The van der Waals surface area contributed by atoms with E-state index in [2.05, 4.69) is 28.3 Å². The van der Waals surface area contributed by atoms with E-state index in [9.17, 15) is 8.78 Å². The number of hydrogen-bond donors (Lipinski definition) is 0. The number of pyridine rings is 1. The molecule has 0 aliphatic carbocycles. The third-order valence-electron chi connectivity index (χ3n) is 9.12. The minimum Gasteiger partial charge on any atom is -0.251 e. The maximum atomic E-state index is 16.3. The van der Waals surface area contributed by atoms with Crippen molar-refractivity contribution in [3.8, 4) is 0 Å². The first-order valence-electron chi connectivity index (χ1n) is 13.2. The minimum absolute atomic E-state index is 0.171. The lowest BCUT2D eigenvalue weighted by Gasteiger charge is -2.39. The lowest BCUT2D eigenvalue weighted by atomic mass is 9.78. The number of rotatable bonds is 3. The monoisotopic (exact) mass is 570 g/mol. The number of nitrogens with zero attached hydrogens (tertiary/aromatic N) is 4. The highest BCUT2D eigenvalue weighted by atomic mass is 32.2. The molecule has 0 spiro atoms. The number of thioether (sulfide) groups is 1. The van der Waals surface area contributed by atoms with E-state index in [1.54, 1.807) is 30.2 Å². The van der Waals surface area contributed by atoms with Gasteiger partial charge in [0.1, 0.15) is 23.1 Å². The van der Waals surface area contributed by atoms with Crippen LogP contribution in [0.5, 0.6) is 0 Å². The Hall–Kier alpha value is -2.85. The smallest absolute Gasteiger partial charge is 0.251 e. The molecule has 7 rings (SSSR count). The molecule has 0 fully saturated rings. The van der Waals surface area contributed by atoms with Gasteiger partial charge in [0.2, 0.25) is 11.1 Å². The van der Waals surface area contributed by atoms with Gasteiger partial charge in [0.05, 0.1) is 17.5 Å². The van der Waals surface area contributed by atoms with Gasteiger partial charge in [0, 0.05) is 23.3 Å². The molecule has 5 heterocycles. The van der Waals surface area contributed by atoms with Crippen LogP contribution in [-0.2, 0) is 0 Å². The molecule has 0 N–H and O–H groups in total. The molecule has 4 nitrogen and oxygen atoms in total. The van der Waals surface area contributed by atoms with E-state index in [1.165, 1.54) is 10.6 Å². The summed E-state index contributed by atoms with van der Waals surface area (Å²) >= 11 is 7.27. The fourth-order valence-corrected chi connectivity index (χ4v) is 8.90. The quantitative estimate of drug-likeness (QED) is 0.118. The molecule has 4 aromatic rings. The summed E-state index contributed by atoms with van der Waals surface area (Å²) in [6, 6.07) is 4.45. The number of thiocarbonyl (C=S) groups is 1. The Morgan fingerprint density at radius 3 is 2.59 bits per heavy atom. The highest BCUT2D eigenvalue weighted by Gasteiger charge is 2.60. The molecule has 2 aromatic heterocycles. The molecule has 0 saturated carbocycles. The van der Waals surface area contributed by atoms with Crippen LogP contribution in [0, 0.1) is 17.5 Å². The van der Waals surface area contributed by atoms with Gasteiger partial charge in [0.25, 0.3) is 12.1 Å². The van der Waals surface area contributed by atoms with Crippen molar-refractivity contribution >= 4 is 55.7 Å². The van der Waals surface area contributed by atoms with Crippen LogP contribution in [0.1, 0.15) is 68.9 Å². The molecule has 200 valence electrons. The lowest BCUT2D eigenvalue weighted by Crippen LogP contribution is -2.52. The largest absolute Gasteiger partial charge is 0.288 e. The van der Waals surface area contributed by atoms with Crippen LogP contribution < -0.4 is 14.0 Å². The van der Waals surface area contributed by atoms with Crippen LogP contribution in [0.25, 0.3) is 21.7 Å². The Morgan fingerprint density at radius 2 is 1.85 bits per heavy atom. The molecule has 0 radical (unpaired) electrons. The van der Waals surface area contributed by atoms with E-state index in [4.69, 9.17) is 12.2 Å². The summed E-state index contributed by atoms with van der Waals surface area (Å²) in [5.74, 6) is -2.18. The van der Waals surface area contributed by atoms with Crippen LogP contribution in [0.2, 0.25) is 0 Å². The van der Waals surface area contributed by atoms with Gasteiger partial charge in [-0.2, -0.15) is 13.5 Å². The van der Waals surface area contributed by atoms with Crippen molar-refractivity contribution in [3.05, 3.63) is 71.6 Å². The summed E-state index contributed by atoms with van der Waals surface area (Å²) < 4.78 is 65.4. The summed E-state index contributed by atoms with van der Waals surface area (Å²) in [5.41, 5.74) is 1.31. The standard InChI is InChI=1S/C29H26F4N4S2/c1-4-29(5-2)12-19(27-35-7-6-34-13-23(35)28(38)39-27)18-9-15(30)8-17-16-10-20(31)21(32)11-22(16)36-25(33)14(3)37(29)26(36)24(17)18/h6-11,13-14,19,25,27H,4-5,12H2,1-3H3/q+2. The normalized spacial score (nSPS) is 25.0. The molecule has 3 aliphatic rings. The first-order chi connectivity index (χ1) is 18.7. The van der Waals surface area contributed by atoms with Crippen molar-refractivity contribution in [2.75, 3.05) is 4.90 Å². The molecular formula is C29H26F4N4S2+2. The van der Waals surface area contributed by atoms with Crippen LogP contribution in [0.3, 0.4) is 0 Å².